The smallest absolute Gasteiger partial charge is 0.159 e. The molecule has 0 amide bonds. The van der Waals surface area contributed by atoms with E-state index in [1.54, 1.807) is 12.4 Å². The molecule has 6 nitrogen and oxygen atoms in total. The van der Waals surface area contributed by atoms with Gasteiger partial charge in [0, 0.05) is 43.7 Å². The normalized spacial score (nSPS) is 26.4. The van der Waals surface area contributed by atoms with Gasteiger partial charge in [-0.3, -0.25) is 0 Å². The Morgan fingerprint density at radius 2 is 1.79 bits per heavy atom. The van der Waals surface area contributed by atoms with Gasteiger partial charge in [-0.05, 0) is 68.1 Å². The predicted molar refractivity (Wildman–Crippen MR) is 124 cm³/mol. The molecule has 4 heterocycles. The molecule has 178 valence electrons. The molecule has 2 bridgehead atoms. The van der Waals surface area contributed by atoms with Crippen molar-refractivity contribution >= 4 is 5.82 Å². The molecule has 3 aliphatic rings. The Kier molecular flexibility index (Phi) is 5.54. The fraction of sp³-hybridized carbons (Fsp3) is 0.538. The van der Waals surface area contributed by atoms with E-state index >= 15 is 0 Å². The zero-order valence-corrected chi connectivity index (χ0v) is 19.5. The molecule has 4 atom stereocenters. The molecule has 1 aliphatic carbocycles. The number of benzene rings is 1. The number of piperidine rings is 1. The second-order valence-electron chi connectivity index (χ2n) is 10.2. The molecule has 1 saturated heterocycles. The van der Waals surface area contributed by atoms with Crippen LogP contribution in [0.3, 0.4) is 0 Å². The maximum absolute atomic E-state index is 14.0. The first-order valence-electron chi connectivity index (χ1n) is 12.5. The number of aryl methyl sites for hydroxylation is 2. The van der Waals surface area contributed by atoms with Crippen molar-refractivity contribution in [1.29, 1.82) is 0 Å². The Morgan fingerprint density at radius 1 is 0.971 bits per heavy atom. The number of rotatable bonds is 4. The summed E-state index contributed by atoms with van der Waals surface area (Å²) in [4.78, 5) is 16.2. The molecule has 1 aromatic carbocycles. The molecule has 0 spiro atoms. The summed E-state index contributed by atoms with van der Waals surface area (Å²) in [5.74, 6) is 2.99. The average Bonchev–Trinajstić information content (AvgIpc) is 3.23. The molecule has 3 aromatic rings. The predicted octanol–water partition coefficient (Wildman–Crippen LogP) is 4.68. The molecule has 2 aliphatic heterocycles. The Balaban J connectivity index is 1.22. The Labute approximate surface area is 198 Å². The lowest BCUT2D eigenvalue weighted by molar-refractivity contribution is 0.264. The van der Waals surface area contributed by atoms with Crippen molar-refractivity contribution in [2.75, 3.05) is 18.0 Å². The molecule has 34 heavy (non-hydrogen) atoms. The summed E-state index contributed by atoms with van der Waals surface area (Å²) in [5.41, 5.74) is 1.79. The highest BCUT2D eigenvalue weighted by Crippen LogP contribution is 2.44. The molecule has 8 heteroatoms. The van der Waals surface area contributed by atoms with Gasteiger partial charge in [-0.1, -0.05) is 12.5 Å². The second kappa shape index (κ2) is 8.71. The van der Waals surface area contributed by atoms with E-state index in [0.717, 1.165) is 74.0 Å². The third kappa shape index (κ3) is 3.97. The van der Waals surface area contributed by atoms with Gasteiger partial charge in [-0.25, -0.2) is 28.4 Å². The van der Waals surface area contributed by atoms with Gasteiger partial charge in [0.1, 0.15) is 18.0 Å². The van der Waals surface area contributed by atoms with E-state index in [4.69, 9.17) is 10.1 Å². The number of anilines is 1. The fourth-order valence-corrected chi connectivity index (χ4v) is 6.38. The van der Waals surface area contributed by atoms with E-state index in [2.05, 4.69) is 20.9 Å². The van der Waals surface area contributed by atoms with Crippen LogP contribution < -0.4 is 4.90 Å². The van der Waals surface area contributed by atoms with Gasteiger partial charge >= 0.3 is 0 Å². The van der Waals surface area contributed by atoms with Crippen molar-refractivity contribution in [3.05, 3.63) is 65.1 Å². The van der Waals surface area contributed by atoms with E-state index in [-0.39, 0.29) is 5.92 Å². The van der Waals surface area contributed by atoms with Crippen molar-refractivity contribution in [2.24, 2.45) is 17.8 Å². The molecular formula is C26H30F2N6. The molecule has 0 N–H and O–H groups in total. The number of hydrogen-bond donors (Lipinski definition) is 0. The van der Waals surface area contributed by atoms with Gasteiger partial charge in [0.25, 0.3) is 0 Å². The maximum Gasteiger partial charge on any atom is 0.159 e. The quantitative estimate of drug-likeness (QED) is 0.561. The summed E-state index contributed by atoms with van der Waals surface area (Å²) in [6, 6.07) is 6.32. The maximum atomic E-state index is 14.0. The number of nitrogens with zero attached hydrogens (tertiary/aromatic N) is 6. The average molecular weight is 465 g/mol. The van der Waals surface area contributed by atoms with Crippen molar-refractivity contribution in [1.82, 2.24) is 24.7 Å². The number of halogens is 2. The van der Waals surface area contributed by atoms with Gasteiger partial charge < -0.3 is 4.90 Å². The van der Waals surface area contributed by atoms with Crippen LogP contribution in [0.15, 0.2) is 30.6 Å². The first-order chi connectivity index (χ1) is 16.5. The van der Waals surface area contributed by atoms with Crippen LogP contribution in [0, 0.1) is 36.3 Å². The lowest BCUT2D eigenvalue weighted by atomic mass is 9.82. The van der Waals surface area contributed by atoms with E-state index in [1.165, 1.54) is 25.0 Å². The highest BCUT2D eigenvalue weighted by Gasteiger charge is 2.43. The van der Waals surface area contributed by atoms with Crippen LogP contribution in [-0.2, 0) is 13.0 Å². The van der Waals surface area contributed by atoms with Gasteiger partial charge in [0.2, 0.25) is 0 Å². The zero-order chi connectivity index (χ0) is 23.2. The summed E-state index contributed by atoms with van der Waals surface area (Å²) < 4.78 is 29.5. The van der Waals surface area contributed by atoms with Crippen LogP contribution in [0.1, 0.15) is 60.9 Å². The lowest BCUT2D eigenvalue weighted by Gasteiger charge is -2.38. The van der Waals surface area contributed by atoms with E-state index in [9.17, 15) is 8.78 Å². The van der Waals surface area contributed by atoms with Crippen molar-refractivity contribution in [3.8, 4) is 0 Å². The van der Waals surface area contributed by atoms with Crippen LogP contribution in [0.2, 0.25) is 0 Å². The van der Waals surface area contributed by atoms with E-state index in [1.807, 2.05) is 11.6 Å². The summed E-state index contributed by atoms with van der Waals surface area (Å²) >= 11 is 0. The van der Waals surface area contributed by atoms with Crippen molar-refractivity contribution < 1.29 is 8.78 Å². The first-order valence-corrected chi connectivity index (χ1v) is 12.5. The largest absolute Gasteiger partial charge is 0.356 e. The van der Waals surface area contributed by atoms with E-state index in [0.29, 0.717) is 17.8 Å². The van der Waals surface area contributed by atoms with Gasteiger partial charge in [0.15, 0.2) is 17.5 Å². The minimum Gasteiger partial charge on any atom is -0.356 e. The van der Waals surface area contributed by atoms with Crippen molar-refractivity contribution in [3.63, 3.8) is 0 Å². The highest BCUT2D eigenvalue weighted by atomic mass is 19.2. The van der Waals surface area contributed by atoms with Crippen molar-refractivity contribution in [2.45, 2.75) is 57.9 Å². The molecule has 1 saturated carbocycles. The Morgan fingerprint density at radius 3 is 2.56 bits per heavy atom. The summed E-state index contributed by atoms with van der Waals surface area (Å²) in [6.45, 7) is 4.88. The van der Waals surface area contributed by atoms with Gasteiger partial charge in [0.05, 0.1) is 0 Å². The van der Waals surface area contributed by atoms with E-state index < -0.39 is 11.6 Å². The molecule has 2 fully saturated rings. The van der Waals surface area contributed by atoms with Gasteiger partial charge in [-0.15, -0.1) is 0 Å². The number of hydrogen-bond acceptors (Lipinski definition) is 5. The minimum atomic E-state index is -0.807. The Bertz CT molecular complexity index is 1180. The highest BCUT2D eigenvalue weighted by molar-refractivity contribution is 5.40. The SMILES string of the molecule is Cc1cc(N2C[C@H]3CC[C@@H](C2)C3Cc2nc3n(n2)CCCC[C@@H]3c2ccc(F)c(F)c2)ncn1. The summed E-state index contributed by atoms with van der Waals surface area (Å²) in [5, 5.41) is 4.91. The molecule has 2 aromatic heterocycles. The molecule has 0 radical (unpaired) electrons. The molecule has 1 unspecified atom stereocenters. The van der Waals surface area contributed by atoms with Crippen LogP contribution in [0.5, 0.6) is 0 Å². The van der Waals surface area contributed by atoms with Crippen LogP contribution >= 0.6 is 0 Å². The topological polar surface area (TPSA) is 59.7 Å². The van der Waals surface area contributed by atoms with Crippen LogP contribution in [0.4, 0.5) is 14.6 Å². The second-order valence-corrected chi connectivity index (χ2v) is 10.2. The van der Waals surface area contributed by atoms with Crippen LogP contribution in [0.25, 0.3) is 0 Å². The minimum absolute atomic E-state index is 0.0431. The fourth-order valence-electron chi connectivity index (χ4n) is 6.38. The third-order valence-electron chi connectivity index (χ3n) is 8.08. The number of aromatic nitrogens is 5. The first kappa shape index (κ1) is 21.6. The summed E-state index contributed by atoms with van der Waals surface area (Å²) in [7, 11) is 0. The Hall–Kier alpha value is -2.90. The number of fused-ring (bicyclic) bond motifs is 3. The molecule has 6 rings (SSSR count). The standard InChI is InChI=1S/C26H30F2N6/c1-16-10-25(30-15-29-16)33-13-18-5-6-19(14-33)21(18)12-24-31-26-20(4-2-3-9-34(26)32-24)17-7-8-22(27)23(28)11-17/h7-8,10-11,15,18-21H,2-6,9,12-14H2,1H3/t18-,19+,20-,21?/m1/s1. The third-order valence-corrected chi connectivity index (χ3v) is 8.08. The lowest BCUT2D eigenvalue weighted by Crippen LogP contribution is -2.43. The van der Waals surface area contributed by atoms with Gasteiger partial charge in [-0.2, -0.15) is 5.10 Å². The molecular weight excluding hydrogens is 434 g/mol. The zero-order valence-electron chi connectivity index (χ0n) is 19.5. The monoisotopic (exact) mass is 464 g/mol. The van der Waals surface area contributed by atoms with Crippen LogP contribution in [-0.4, -0.2) is 37.8 Å². The summed E-state index contributed by atoms with van der Waals surface area (Å²) in [6.07, 6.45) is 7.95.